The summed E-state index contributed by atoms with van der Waals surface area (Å²) in [5.41, 5.74) is 0.281. The highest BCUT2D eigenvalue weighted by Gasteiger charge is 2.30. The SMILES string of the molecule is CCN(C=O)C(C(=O)O)c1c(Cl)cccc1OC. The third kappa shape index (κ3) is 2.73. The quantitative estimate of drug-likeness (QED) is 0.803. The standard InChI is InChI=1S/C12H14ClNO4/c1-3-14(7-15)11(12(16)17)10-8(13)5-4-6-9(10)18-2/h4-7,11H,3H2,1-2H3,(H,16,17). The monoisotopic (exact) mass is 271 g/mol. The van der Waals surface area contributed by atoms with Gasteiger partial charge in [0.05, 0.1) is 12.1 Å². The number of carbonyl (C=O) groups excluding carboxylic acids is 1. The number of benzene rings is 1. The lowest BCUT2D eigenvalue weighted by Gasteiger charge is -2.25. The van der Waals surface area contributed by atoms with Gasteiger partial charge in [0.2, 0.25) is 6.41 Å². The molecule has 0 spiro atoms. The van der Waals surface area contributed by atoms with Crippen molar-refractivity contribution in [3.63, 3.8) is 0 Å². The van der Waals surface area contributed by atoms with Gasteiger partial charge in [-0.3, -0.25) is 4.79 Å². The maximum absolute atomic E-state index is 11.4. The second kappa shape index (κ2) is 6.26. The van der Waals surface area contributed by atoms with Crippen LogP contribution in [0.5, 0.6) is 5.75 Å². The van der Waals surface area contributed by atoms with Crippen molar-refractivity contribution >= 4 is 24.0 Å². The van der Waals surface area contributed by atoms with Crippen molar-refractivity contribution in [3.05, 3.63) is 28.8 Å². The van der Waals surface area contributed by atoms with Crippen molar-refractivity contribution < 1.29 is 19.4 Å². The van der Waals surface area contributed by atoms with E-state index in [4.69, 9.17) is 16.3 Å². The van der Waals surface area contributed by atoms with Crippen molar-refractivity contribution in [1.82, 2.24) is 4.90 Å². The summed E-state index contributed by atoms with van der Waals surface area (Å²) in [4.78, 5) is 23.5. The molecule has 0 fully saturated rings. The molecule has 0 aliphatic rings. The molecular weight excluding hydrogens is 258 g/mol. The first kappa shape index (κ1) is 14.3. The van der Waals surface area contributed by atoms with Crippen LogP contribution in [0.1, 0.15) is 18.5 Å². The largest absolute Gasteiger partial charge is 0.496 e. The molecule has 1 unspecified atom stereocenters. The third-order valence-electron chi connectivity index (χ3n) is 2.57. The van der Waals surface area contributed by atoms with E-state index < -0.39 is 12.0 Å². The number of carbonyl (C=O) groups is 2. The van der Waals surface area contributed by atoms with E-state index in [2.05, 4.69) is 0 Å². The number of likely N-dealkylation sites (N-methyl/N-ethyl adjacent to an activating group) is 1. The minimum absolute atomic E-state index is 0.252. The highest BCUT2D eigenvalue weighted by atomic mass is 35.5. The fourth-order valence-electron chi connectivity index (χ4n) is 1.71. The summed E-state index contributed by atoms with van der Waals surface area (Å²) >= 11 is 6.02. The molecule has 0 saturated carbocycles. The first-order valence-electron chi connectivity index (χ1n) is 5.33. The van der Waals surface area contributed by atoms with E-state index in [0.717, 1.165) is 4.90 Å². The van der Waals surface area contributed by atoms with Gasteiger partial charge in [-0.25, -0.2) is 4.79 Å². The van der Waals surface area contributed by atoms with E-state index in [1.807, 2.05) is 0 Å². The fourth-order valence-corrected chi connectivity index (χ4v) is 1.98. The molecule has 0 aliphatic heterocycles. The Morgan fingerprint density at radius 3 is 2.72 bits per heavy atom. The summed E-state index contributed by atoms with van der Waals surface area (Å²) < 4.78 is 5.11. The van der Waals surface area contributed by atoms with Crippen LogP contribution in [0.25, 0.3) is 0 Å². The van der Waals surface area contributed by atoms with Crippen LogP contribution < -0.4 is 4.74 Å². The van der Waals surface area contributed by atoms with Crippen LogP contribution in [-0.4, -0.2) is 36.0 Å². The average Bonchev–Trinajstić information content (AvgIpc) is 2.36. The first-order valence-corrected chi connectivity index (χ1v) is 5.70. The summed E-state index contributed by atoms with van der Waals surface area (Å²) in [7, 11) is 1.42. The predicted molar refractivity (Wildman–Crippen MR) is 66.8 cm³/mol. The molecule has 18 heavy (non-hydrogen) atoms. The van der Waals surface area contributed by atoms with Gasteiger partial charge < -0.3 is 14.7 Å². The van der Waals surface area contributed by atoms with Crippen LogP contribution in [-0.2, 0) is 9.59 Å². The van der Waals surface area contributed by atoms with Crippen LogP contribution >= 0.6 is 11.6 Å². The Bertz CT molecular complexity index is 450. The molecule has 1 rings (SSSR count). The van der Waals surface area contributed by atoms with Gasteiger partial charge in [-0.15, -0.1) is 0 Å². The average molecular weight is 272 g/mol. The van der Waals surface area contributed by atoms with E-state index in [-0.39, 0.29) is 17.1 Å². The number of amides is 1. The van der Waals surface area contributed by atoms with Crippen molar-refractivity contribution in [2.45, 2.75) is 13.0 Å². The Labute approximate surface area is 110 Å². The van der Waals surface area contributed by atoms with Gasteiger partial charge in [0.15, 0.2) is 6.04 Å². The molecule has 1 N–H and O–H groups in total. The number of aliphatic carboxylic acids is 1. The Kier molecular flexibility index (Phi) is 4.97. The molecule has 5 nitrogen and oxygen atoms in total. The van der Waals surface area contributed by atoms with E-state index in [9.17, 15) is 14.7 Å². The van der Waals surface area contributed by atoms with E-state index >= 15 is 0 Å². The summed E-state index contributed by atoms with van der Waals surface area (Å²) in [5.74, 6) is -0.814. The normalized spacial score (nSPS) is 11.7. The number of hydrogen-bond acceptors (Lipinski definition) is 3. The van der Waals surface area contributed by atoms with Gasteiger partial charge >= 0.3 is 5.97 Å². The lowest BCUT2D eigenvalue weighted by atomic mass is 10.0. The zero-order chi connectivity index (χ0) is 13.7. The van der Waals surface area contributed by atoms with Crippen LogP contribution in [0.2, 0.25) is 5.02 Å². The van der Waals surface area contributed by atoms with Crippen LogP contribution in [0, 0.1) is 0 Å². The van der Waals surface area contributed by atoms with E-state index in [0.29, 0.717) is 12.2 Å². The summed E-state index contributed by atoms with van der Waals surface area (Å²) in [5, 5.41) is 9.54. The fraction of sp³-hybridized carbons (Fsp3) is 0.333. The molecule has 0 bridgehead atoms. The number of ether oxygens (including phenoxy) is 1. The molecule has 0 saturated heterocycles. The molecule has 1 atom stereocenters. The first-order chi connectivity index (χ1) is 8.56. The number of halogens is 1. The number of carboxylic acids is 1. The van der Waals surface area contributed by atoms with Crippen LogP contribution in [0.4, 0.5) is 0 Å². The summed E-state index contributed by atoms with van der Waals surface area (Å²) in [6.45, 7) is 1.95. The highest BCUT2D eigenvalue weighted by molar-refractivity contribution is 6.31. The minimum atomic E-state index is -1.16. The molecule has 0 radical (unpaired) electrons. The third-order valence-corrected chi connectivity index (χ3v) is 2.90. The molecule has 98 valence electrons. The lowest BCUT2D eigenvalue weighted by molar-refractivity contribution is -0.146. The van der Waals surface area contributed by atoms with Gasteiger partial charge in [-0.2, -0.15) is 0 Å². The Balaban J connectivity index is 3.38. The Hall–Kier alpha value is -1.75. The maximum Gasteiger partial charge on any atom is 0.331 e. The number of methoxy groups -OCH3 is 1. The Morgan fingerprint density at radius 1 is 1.61 bits per heavy atom. The minimum Gasteiger partial charge on any atom is -0.496 e. The summed E-state index contributed by atoms with van der Waals surface area (Å²) in [6.07, 6.45) is 0.488. The Morgan fingerprint density at radius 2 is 2.28 bits per heavy atom. The predicted octanol–water partition coefficient (Wildman–Crippen LogP) is 1.95. The summed E-state index contributed by atoms with van der Waals surface area (Å²) in [6, 6.07) is 3.67. The smallest absolute Gasteiger partial charge is 0.331 e. The van der Waals surface area contributed by atoms with Gasteiger partial charge in [0, 0.05) is 12.1 Å². The molecule has 1 amide bonds. The van der Waals surface area contributed by atoms with Crippen molar-refractivity contribution in [1.29, 1.82) is 0 Å². The van der Waals surface area contributed by atoms with E-state index in [1.54, 1.807) is 25.1 Å². The second-order valence-electron chi connectivity index (χ2n) is 3.53. The zero-order valence-electron chi connectivity index (χ0n) is 10.1. The van der Waals surface area contributed by atoms with Crippen molar-refractivity contribution in [2.75, 3.05) is 13.7 Å². The number of carboxylic acid groups (broad SMARTS) is 1. The molecule has 1 aromatic rings. The topological polar surface area (TPSA) is 66.8 Å². The molecule has 0 aromatic heterocycles. The van der Waals surface area contributed by atoms with Crippen molar-refractivity contribution in [2.24, 2.45) is 0 Å². The molecule has 1 aromatic carbocycles. The van der Waals surface area contributed by atoms with Gasteiger partial charge in [0.1, 0.15) is 5.75 Å². The molecular formula is C12H14ClNO4. The molecule has 0 heterocycles. The van der Waals surface area contributed by atoms with E-state index in [1.165, 1.54) is 7.11 Å². The van der Waals surface area contributed by atoms with Gasteiger partial charge in [-0.1, -0.05) is 17.7 Å². The molecule has 0 aliphatic carbocycles. The van der Waals surface area contributed by atoms with Crippen LogP contribution in [0.3, 0.4) is 0 Å². The highest BCUT2D eigenvalue weighted by Crippen LogP contribution is 2.35. The lowest BCUT2D eigenvalue weighted by Crippen LogP contribution is -2.33. The van der Waals surface area contributed by atoms with Crippen LogP contribution in [0.15, 0.2) is 18.2 Å². The van der Waals surface area contributed by atoms with Gasteiger partial charge in [0.25, 0.3) is 0 Å². The molecule has 6 heteroatoms. The second-order valence-corrected chi connectivity index (χ2v) is 3.94. The number of nitrogens with zero attached hydrogens (tertiary/aromatic N) is 1. The number of hydrogen-bond donors (Lipinski definition) is 1. The van der Waals surface area contributed by atoms with Crippen molar-refractivity contribution in [3.8, 4) is 5.75 Å². The number of rotatable bonds is 6. The van der Waals surface area contributed by atoms with Gasteiger partial charge in [-0.05, 0) is 19.1 Å². The maximum atomic E-state index is 11.4. The zero-order valence-corrected chi connectivity index (χ0v) is 10.8.